The SMILES string of the molecule is COc1ccc(C(=O)N2c3cc(CNC(=O)CCC4CCCC4)ccc3CC2C)cc1. The highest BCUT2D eigenvalue weighted by Gasteiger charge is 2.31. The van der Waals surface area contributed by atoms with Gasteiger partial charge in [-0.2, -0.15) is 0 Å². The molecule has 1 aliphatic heterocycles. The minimum absolute atomic E-state index is 0.00773. The quantitative estimate of drug-likeness (QED) is 0.695. The summed E-state index contributed by atoms with van der Waals surface area (Å²) >= 11 is 0. The maximum atomic E-state index is 13.2. The number of hydrogen-bond donors (Lipinski definition) is 1. The third-order valence-corrected chi connectivity index (χ3v) is 6.67. The van der Waals surface area contributed by atoms with Crippen molar-refractivity contribution < 1.29 is 14.3 Å². The van der Waals surface area contributed by atoms with Crippen molar-refractivity contribution >= 4 is 17.5 Å². The van der Waals surface area contributed by atoms with E-state index in [1.54, 1.807) is 19.2 Å². The molecule has 1 heterocycles. The molecule has 1 N–H and O–H groups in total. The van der Waals surface area contributed by atoms with Crippen LogP contribution >= 0.6 is 0 Å². The summed E-state index contributed by atoms with van der Waals surface area (Å²) in [5.74, 6) is 1.57. The molecule has 1 unspecified atom stereocenters. The van der Waals surface area contributed by atoms with Gasteiger partial charge in [0, 0.05) is 30.3 Å². The molecule has 5 heteroatoms. The van der Waals surface area contributed by atoms with Gasteiger partial charge in [0.25, 0.3) is 5.91 Å². The van der Waals surface area contributed by atoms with Crippen molar-refractivity contribution in [2.75, 3.05) is 12.0 Å². The molecule has 2 aromatic rings. The summed E-state index contributed by atoms with van der Waals surface area (Å²) in [4.78, 5) is 27.4. The first kappa shape index (κ1) is 21.4. The Kier molecular flexibility index (Phi) is 6.59. The van der Waals surface area contributed by atoms with Crippen molar-refractivity contribution in [3.05, 3.63) is 59.2 Å². The van der Waals surface area contributed by atoms with Gasteiger partial charge in [-0.15, -0.1) is 0 Å². The number of nitrogens with one attached hydrogen (secondary N) is 1. The Labute approximate surface area is 184 Å². The molecule has 31 heavy (non-hydrogen) atoms. The second-order valence-corrected chi connectivity index (χ2v) is 8.89. The van der Waals surface area contributed by atoms with Gasteiger partial charge in [0.15, 0.2) is 0 Å². The fourth-order valence-corrected chi connectivity index (χ4v) is 4.87. The van der Waals surface area contributed by atoms with E-state index in [1.807, 2.05) is 17.0 Å². The van der Waals surface area contributed by atoms with Gasteiger partial charge in [-0.3, -0.25) is 9.59 Å². The number of anilines is 1. The molecule has 0 saturated heterocycles. The zero-order valence-corrected chi connectivity index (χ0v) is 18.5. The summed E-state index contributed by atoms with van der Waals surface area (Å²) in [6, 6.07) is 13.5. The third kappa shape index (κ3) is 4.92. The molecule has 1 saturated carbocycles. The number of amides is 2. The first-order valence-electron chi connectivity index (χ1n) is 11.4. The highest BCUT2D eigenvalue weighted by molar-refractivity contribution is 6.07. The van der Waals surface area contributed by atoms with Crippen LogP contribution in [0.1, 0.15) is 66.9 Å². The van der Waals surface area contributed by atoms with E-state index in [0.29, 0.717) is 18.5 Å². The van der Waals surface area contributed by atoms with Gasteiger partial charge in [0.05, 0.1) is 7.11 Å². The predicted octanol–water partition coefficient (Wildman–Crippen LogP) is 4.87. The van der Waals surface area contributed by atoms with E-state index in [2.05, 4.69) is 30.4 Å². The standard InChI is InChI=1S/C26H32N2O3/c1-18-15-22-9-7-20(17-27-25(29)14-8-19-5-3-4-6-19)16-24(22)28(18)26(30)21-10-12-23(31-2)13-11-21/h7,9-13,16,18-19H,3-6,8,14-15,17H2,1-2H3,(H,27,29). The number of hydrogen-bond acceptors (Lipinski definition) is 3. The van der Waals surface area contributed by atoms with Gasteiger partial charge < -0.3 is 15.0 Å². The van der Waals surface area contributed by atoms with E-state index < -0.39 is 0 Å². The zero-order valence-electron chi connectivity index (χ0n) is 18.5. The van der Waals surface area contributed by atoms with Gasteiger partial charge >= 0.3 is 0 Å². The van der Waals surface area contributed by atoms with E-state index in [1.165, 1.54) is 31.2 Å². The van der Waals surface area contributed by atoms with Crippen molar-refractivity contribution in [1.82, 2.24) is 5.32 Å². The van der Waals surface area contributed by atoms with Crippen LogP contribution in [0.4, 0.5) is 5.69 Å². The lowest BCUT2D eigenvalue weighted by molar-refractivity contribution is -0.121. The molecule has 2 aliphatic rings. The monoisotopic (exact) mass is 420 g/mol. The molecule has 2 aromatic carbocycles. The minimum atomic E-state index is -0.00773. The highest BCUT2D eigenvalue weighted by Crippen LogP contribution is 2.34. The summed E-state index contributed by atoms with van der Waals surface area (Å²) in [6.07, 6.45) is 7.61. The van der Waals surface area contributed by atoms with Crippen LogP contribution in [0.3, 0.4) is 0 Å². The molecule has 0 spiro atoms. The van der Waals surface area contributed by atoms with Crippen LogP contribution in [0.2, 0.25) is 0 Å². The first-order valence-corrected chi connectivity index (χ1v) is 11.4. The molecule has 0 radical (unpaired) electrons. The fraction of sp³-hybridized carbons (Fsp3) is 0.462. The predicted molar refractivity (Wildman–Crippen MR) is 122 cm³/mol. The molecular formula is C26H32N2O3. The molecule has 1 aliphatic carbocycles. The molecule has 0 bridgehead atoms. The molecule has 5 nitrogen and oxygen atoms in total. The van der Waals surface area contributed by atoms with E-state index in [9.17, 15) is 9.59 Å². The largest absolute Gasteiger partial charge is 0.497 e. The zero-order chi connectivity index (χ0) is 21.8. The Bertz CT molecular complexity index is 932. The van der Waals surface area contributed by atoms with E-state index in [0.717, 1.165) is 35.8 Å². The fourth-order valence-electron chi connectivity index (χ4n) is 4.87. The second-order valence-electron chi connectivity index (χ2n) is 8.89. The summed E-state index contributed by atoms with van der Waals surface area (Å²) in [6.45, 7) is 2.57. The molecular weight excluding hydrogens is 388 g/mol. The number of rotatable bonds is 7. The molecule has 0 aromatic heterocycles. The molecule has 2 amide bonds. The molecule has 4 rings (SSSR count). The Morgan fingerprint density at radius 2 is 1.84 bits per heavy atom. The van der Waals surface area contributed by atoms with Gasteiger partial charge in [0.2, 0.25) is 5.91 Å². The Morgan fingerprint density at radius 3 is 2.55 bits per heavy atom. The maximum absolute atomic E-state index is 13.2. The van der Waals surface area contributed by atoms with Crippen molar-refractivity contribution in [3.8, 4) is 5.75 Å². The molecule has 164 valence electrons. The summed E-state index contributed by atoms with van der Waals surface area (Å²) in [5.41, 5.74) is 3.79. The van der Waals surface area contributed by atoms with E-state index >= 15 is 0 Å². The first-order chi connectivity index (χ1) is 15.0. The van der Waals surface area contributed by atoms with Gasteiger partial charge in [-0.1, -0.05) is 37.8 Å². The van der Waals surface area contributed by atoms with Gasteiger partial charge in [0.1, 0.15) is 5.75 Å². The van der Waals surface area contributed by atoms with Crippen LogP contribution < -0.4 is 15.0 Å². The van der Waals surface area contributed by atoms with Crippen molar-refractivity contribution in [2.24, 2.45) is 5.92 Å². The molecule has 1 atom stereocenters. The normalized spacial score (nSPS) is 18.1. The van der Waals surface area contributed by atoms with E-state index in [4.69, 9.17) is 4.74 Å². The number of fused-ring (bicyclic) bond motifs is 1. The Balaban J connectivity index is 1.41. The lowest BCUT2D eigenvalue weighted by Gasteiger charge is -2.23. The van der Waals surface area contributed by atoms with Gasteiger partial charge in [-0.05, 0) is 67.1 Å². The van der Waals surface area contributed by atoms with Crippen molar-refractivity contribution in [1.29, 1.82) is 0 Å². The van der Waals surface area contributed by atoms with E-state index in [-0.39, 0.29) is 17.9 Å². The Hall–Kier alpha value is -2.82. The average molecular weight is 421 g/mol. The van der Waals surface area contributed by atoms with Crippen LogP contribution in [0, 0.1) is 5.92 Å². The van der Waals surface area contributed by atoms with Crippen LogP contribution in [-0.4, -0.2) is 25.0 Å². The average Bonchev–Trinajstić information content (AvgIpc) is 3.42. The number of carbonyl (C=O) groups excluding carboxylic acids is 2. The highest BCUT2D eigenvalue weighted by atomic mass is 16.5. The number of methoxy groups -OCH3 is 1. The van der Waals surface area contributed by atoms with Crippen molar-refractivity contribution in [2.45, 2.75) is 64.5 Å². The topological polar surface area (TPSA) is 58.6 Å². The van der Waals surface area contributed by atoms with Gasteiger partial charge in [-0.25, -0.2) is 0 Å². The molecule has 1 fully saturated rings. The Morgan fingerprint density at radius 1 is 1.10 bits per heavy atom. The minimum Gasteiger partial charge on any atom is -0.497 e. The number of ether oxygens (including phenoxy) is 1. The lowest BCUT2D eigenvalue weighted by atomic mass is 10.0. The number of carbonyl (C=O) groups is 2. The van der Waals surface area contributed by atoms with Crippen LogP contribution in [0.25, 0.3) is 0 Å². The summed E-state index contributed by atoms with van der Waals surface area (Å²) in [7, 11) is 1.62. The third-order valence-electron chi connectivity index (χ3n) is 6.67. The summed E-state index contributed by atoms with van der Waals surface area (Å²) < 4.78 is 5.20. The number of benzene rings is 2. The van der Waals surface area contributed by atoms with Crippen LogP contribution in [0.15, 0.2) is 42.5 Å². The second kappa shape index (κ2) is 9.54. The lowest BCUT2D eigenvalue weighted by Crippen LogP contribution is -2.35. The van der Waals surface area contributed by atoms with Crippen molar-refractivity contribution in [3.63, 3.8) is 0 Å². The number of nitrogens with zero attached hydrogens (tertiary/aromatic N) is 1. The van der Waals surface area contributed by atoms with Crippen LogP contribution in [-0.2, 0) is 17.8 Å². The smallest absolute Gasteiger partial charge is 0.258 e. The van der Waals surface area contributed by atoms with Crippen LogP contribution in [0.5, 0.6) is 5.75 Å². The summed E-state index contributed by atoms with van der Waals surface area (Å²) in [5, 5.41) is 3.06. The maximum Gasteiger partial charge on any atom is 0.258 e.